The van der Waals surface area contributed by atoms with E-state index >= 15 is 0 Å². The Morgan fingerprint density at radius 1 is 0.868 bits per heavy atom. The first-order chi connectivity index (χ1) is 18.3. The number of hydrogen-bond donors (Lipinski definition) is 2. The van der Waals surface area contributed by atoms with Gasteiger partial charge in [0.15, 0.2) is 0 Å². The maximum atomic E-state index is 11.6. The first-order valence-electron chi connectivity index (χ1n) is 13.2. The van der Waals surface area contributed by atoms with Crippen molar-refractivity contribution in [2.24, 2.45) is 5.73 Å². The number of hydrogen-bond acceptors (Lipinski definition) is 6. The Morgan fingerprint density at radius 3 is 2.34 bits per heavy atom. The van der Waals surface area contributed by atoms with Crippen LogP contribution in [0.4, 0.5) is 0 Å². The van der Waals surface area contributed by atoms with E-state index in [1.54, 1.807) is 24.5 Å². The number of primary amides is 1. The Labute approximate surface area is 224 Å². The SMILES string of the molecule is Cc1c(C)c(C)c(CNCCCCOCCOc2nc3cc(C(N)=O)ccc3c3cnccc23)c(C)c1C. The Morgan fingerprint density at radius 2 is 1.61 bits per heavy atom. The van der Waals surface area contributed by atoms with Gasteiger partial charge in [-0.1, -0.05) is 6.07 Å². The van der Waals surface area contributed by atoms with Crippen LogP contribution >= 0.6 is 0 Å². The number of pyridine rings is 2. The molecular formula is C31H38N4O3. The second-order valence-corrected chi connectivity index (χ2v) is 9.88. The topological polar surface area (TPSA) is 99.4 Å². The molecule has 7 heteroatoms. The minimum atomic E-state index is -0.489. The number of nitrogens with zero attached hydrogens (tertiary/aromatic N) is 2. The standard InChI is InChI=1S/C31H38N4O3/c1-19-20(2)22(4)27(23(5)21(19)3)17-33-11-6-7-13-37-14-15-38-31-26-10-12-34-18-28(26)25-9-8-24(30(32)36)16-29(25)35-31/h8-10,12,16,18,33H,6-7,11,13-15,17H2,1-5H3,(H2,32,36). The molecule has 4 rings (SSSR count). The molecule has 1 amide bonds. The lowest BCUT2D eigenvalue weighted by atomic mass is 9.89. The van der Waals surface area contributed by atoms with E-state index in [1.807, 2.05) is 12.1 Å². The normalized spacial score (nSPS) is 11.4. The summed E-state index contributed by atoms with van der Waals surface area (Å²) in [6.07, 6.45) is 5.53. The van der Waals surface area contributed by atoms with Crippen LogP contribution < -0.4 is 15.8 Å². The number of amides is 1. The molecule has 0 saturated heterocycles. The maximum absolute atomic E-state index is 11.6. The molecule has 0 fully saturated rings. The highest BCUT2D eigenvalue weighted by Crippen LogP contribution is 2.30. The Balaban J connectivity index is 1.22. The van der Waals surface area contributed by atoms with E-state index in [-0.39, 0.29) is 0 Å². The summed E-state index contributed by atoms with van der Waals surface area (Å²) in [4.78, 5) is 20.5. The molecule has 0 aliphatic heterocycles. The molecule has 0 radical (unpaired) electrons. The van der Waals surface area contributed by atoms with Gasteiger partial charge in [-0.15, -0.1) is 0 Å². The second-order valence-electron chi connectivity index (χ2n) is 9.88. The highest BCUT2D eigenvalue weighted by molar-refractivity contribution is 6.09. The summed E-state index contributed by atoms with van der Waals surface area (Å²) in [5.74, 6) is 0.00751. The number of nitrogens with one attached hydrogen (secondary N) is 1. The van der Waals surface area contributed by atoms with Crippen molar-refractivity contribution >= 4 is 27.6 Å². The molecular weight excluding hydrogens is 476 g/mol. The Bertz CT molecular complexity index is 1440. The fraction of sp³-hybridized carbons (Fsp3) is 0.387. The summed E-state index contributed by atoms with van der Waals surface area (Å²) in [5, 5.41) is 6.28. The lowest BCUT2D eigenvalue weighted by molar-refractivity contribution is 0.0966. The average molecular weight is 515 g/mol. The molecule has 3 N–H and O–H groups in total. The van der Waals surface area contributed by atoms with Crippen LogP contribution in [0.25, 0.3) is 21.7 Å². The summed E-state index contributed by atoms with van der Waals surface area (Å²) < 4.78 is 11.8. The second kappa shape index (κ2) is 12.3. The van der Waals surface area contributed by atoms with Crippen LogP contribution in [0, 0.1) is 34.6 Å². The number of aromatic nitrogens is 2. The van der Waals surface area contributed by atoms with E-state index in [9.17, 15) is 4.79 Å². The van der Waals surface area contributed by atoms with Crippen LogP contribution in [-0.2, 0) is 11.3 Å². The molecule has 4 aromatic rings. The molecule has 0 aliphatic rings. The molecule has 0 saturated carbocycles. The summed E-state index contributed by atoms with van der Waals surface area (Å²) in [5.41, 5.74) is 14.9. The van der Waals surface area contributed by atoms with Crippen molar-refractivity contribution in [3.8, 4) is 5.88 Å². The molecule has 38 heavy (non-hydrogen) atoms. The predicted octanol–water partition coefficient (Wildman–Crippen LogP) is 5.39. The van der Waals surface area contributed by atoms with Crippen molar-refractivity contribution < 1.29 is 14.3 Å². The molecule has 7 nitrogen and oxygen atoms in total. The van der Waals surface area contributed by atoms with Crippen LogP contribution in [0.5, 0.6) is 5.88 Å². The van der Waals surface area contributed by atoms with E-state index in [1.165, 1.54) is 33.4 Å². The molecule has 200 valence electrons. The van der Waals surface area contributed by atoms with Gasteiger partial charge in [0, 0.05) is 47.3 Å². The maximum Gasteiger partial charge on any atom is 0.248 e. The number of ether oxygens (including phenoxy) is 2. The number of carbonyl (C=O) groups is 1. The van der Waals surface area contributed by atoms with E-state index in [0.29, 0.717) is 36.8 Å². The summed E-state index contributed by atoms with van der Waals surface area (Å²) in [7, 11) is 0. The lowest BCUT2D eigenvalue weighted by Gasteiger charge is -2.19. The van der Waals surface area contributed by atoms with Crippen molar-refractivity contribution in [3.05, 3.63) is 75.6 Å². The monoisotopic (exact) mass is 514 g/mol. The first kappa shape index (κ1) is 27.5. The van der Waals surface area contributed by atoms with Gasteiger partial charge < -0.3 is 20.5 Å². The third-order valence-corrected chi connectivity index (χ3v) is 7.66. The van der Waals surface area contributed by atoms with Gasteiger partial charge in [0.2, 0.25) is 11.8 Å². The zero-order chi connectivity index (χ0) is 27.2. The van der Waals surface area contributed by atoms with Crippen molar-refractivity contribution in [2.75, 3.05) is 26.4 Å². The Kier molecular flexibility index (Phi) is 8.92. The van der Waals surface area contributed by atoms with Crippen LogP contribution in [0.15, 0.2) is 36.7 Å². The number of carbonyl (C=O) groups excluding carboxylic acids is 1. The lowest BCUT2D eigenvalue weighted by Crippen LogP contribution is -2.18. The highest BCUT2D eigenvalue weighted by Gasteiger charge is 2.13. The van der Waals surface area contributed by atoms with Crippen molar-refractivity contribution in [1.29, 1.82) is 0 Å². The fourth-order valence-electron chi connectivity index (χ4n) is 4.89. The van der Waals surface area contributed by atoms with Gasteiger partial charge in [-0.3, -0.25) is 9.78 Å². The average Bonchev–Trinajstić information content (AvgIpc) is 2.93. The van der Waals surface area contributed by atoms with Gasteiger partial charge in [-0.25, -0.2) is 4.98 Å². The van der Waals surface area contributed by atoms with Gasteiger partial charge in [0.1, 0.15) is 6.61 Å². The van der Waals surface area contributed by atoms with E-state index in [0.717, 1.165) is 42.1 Å². The van der Waals surface area contributed by atoms with E-state index in [2.05, 4.69) is 49.9 Å². The summed E-state index contributed by atoms with van der Waals surface area (Å²) >= 11 is 0. The van der Waals surface area contributed by atoms with Crippen LogP contribution in [0.1, 0.15) is 56.6 Å². The quantitative estimate of drug-likeness (QED) is 0.194. The molecule has 0 aliphatic carbocycles. The van der Waals surface area contributed by atoms with E-state index < -0.39 is 5.91 Å². The van der Waals surface area contributed by atoms with E-state index in [4.69, 9.17) is 15.2 Å². The number of rotatable bonds is 12. The molecule has 0 bridgehead atoms. The molecule has 2 aromatic carbocycles. The number of nitrogens with two attached hydrogens (primary N) is 1. The Hall–Kier alpha value is -3.55. The minimum absolute atomic E-state index is 0.383. The van der Waals surface area contributed by atoms with Crippen LogP contribution in [-0.4, -0.2) is 42.2 Å². The highest BCUT2D eigenvalue weighted by atomic mass is 16.5. The van der Waals surface area contributed by atoms with Crippen molar-refractivity contribution in [1.82, 2.24) is 15.3 Å². The van der Waals surface area contributed by atoms with Gasteiger partial charge in [-0.05, 0) is 106 Å². The van der Waals surface area contributed by atoms with Crippen LogP contribution in [0.3, 0.4) is 0 Å². The molecule has 2 heterocycles. The third-order valence-electron chi connectivity index (χ3n) is 7.66. The first-order valence-corrected chi connectivity index (χ1v) is 13.2. The molecule has 0 unspecified atom stereocenters. The van der Waals surface area contributed by atoms with Crippen molar-refractivity contribution in [2.45, 2.75) is 54.0 Å². The van der Waals surface area contributed by atoms with Crippen molar-refractivity contribution in [3.63, 3.8) is 0 Å². The molecule has 0 atom stereocenters. The van der Waals surface area contributed by atoms with Gasteiger partial charge in [0.25, 0.3) is 0 Å². The fourth-order valence-corrected chi connectivity index (χ4v) is 4.89. The van der Waals surface area contributed by atoms with Crippen LogP contribution in [0.2, 0.25) is 0 Å². The number of benzene rings is 2. The van der Waals surface area contributed by atoms with Gasteiger partial charge >= 0.3 is 0 Å². The van der Waals surface area contributed by atoms with Gasteiger partial charge in [-0.2, -0.15) is 0 Å². The predicted molar refractivity (Wildman–Crippen MR) is 153 cm³/mol. The number of fused-ring (bicyclic) bond motifs is 3. The summed E-state index contributed by atoms with van der Waals surface area (Å²) in [6.45, 7) is 14.5. The molecule has 0 spiro atoms. The number of unbranched alkanes of at least 4 members (excludes halogenated alkanes) is 1. The smallest absolute Gasteiger partial charge is 0.248 e. The van der Waals surface area contributed by atoms with Gasteiger partial charge in [0.05, 0.1) is 12.1 Å². The zero-order valence-corrected chi connectivity index (χ0v) is 23.1. The third kappa shape index (κ3) is 5.95. The largest absolute Gasteiger partial charge is 0.475 e. The zero-order valence-electron chi connectivity index (χ0n) is 23.1. The minimum Gasteiger partial charge on any atom is -0.475 e. The molecule has 2 aromatic heterocycles. The summed E-state index contributed by atoms with van der Waals surface area (Å²) in [6, 6.07) is 7.12.